The Bertz CT molecular complexity index is 1330. The molecule has 1 aliphatic rings. The number of rotatable bonds is 7. The Balaban J connectivity index is 1.66. The summed E-state index contributed by atoms with van der Waals surface area (Å²) in [5, 5.41) is 2.62. The smallest absolute Gasteiger partial charge is 0.270 e. The highest BCUT2D eigenvalue weighted by Crippen LogP contribution is 2.29. The van der Waals surface area contributed by atoms with E-state index >= 15 is 0 Å². The van der Waals surface area contributed by atoms with Gasteiger partial charge in [0.05, 0.1) is 12.3 Å². The van der Waals surface area contributed by atoms with Gasteiger partial charge >= 0.3 is 0 Å². The minimum atomic E-state index is -0.566. The van der Waals surface area contributed by atoms with Crippen molar-refractivity contribution in [3.05, 3.63) is 96.1 Å². The highest BCUT2D eigenvalue weighted by molar-refractivity contribution is 7.80. The monoisotopic (exact) mass is 484 g/mol. The van der Waals surface area contributed by atoms with Crippen molar-refractivity contribution in [3.8, 4) is 17.2 Å². The third kappa shape index (κ3) is 5.31. The van der Waals surface area contributed by atoms with E-state index in [1.165, 1.54) is 11.0 Å². The molecule has 35 heavy (non-hydrogen) atoms. The van der Waals surface area contributed by atoms with Crippen LogP contribution in [0, 0.1) is 0 Å². The van der Waals surface area contributed by atoms with Crippen LogP contribution < -0.4 is 19.7 Å². The minimum absolute atomic E-state index is 0.00889. The molecule has 0 radical (unpaired) electrons. The number of carbonyl (C=O) groups excluding carboxylic acids is 2. The van der Waals surface area contributed by atoms with Crippen LogP contribution in [0.25, 0.3) is 11.6 Å². The quantitative estimate of drug-likeness (QED) is 0.263. The molecule has 0 unspecified atom stereocenters. The maximum atomic E-state index is 13.4. The predicted molar refractivity (Wildman–Crippen MR) is 141 cm³/mol. The number of ether oxygens (including phenoxy) is 2. The van der Waals surface area contributed by atoms with E-state index in [0.717, 1.165) is 11.1 Å². The van der Waals surface area contributed by atoms with Gasteiger partial charge in [0.2, 0.25) is 0 Å². The van der Waals surface area contributed by atoms with Crippen LogP contribution in [-0.2, 0) is 9.59 Å². The first kappa shape index (κ1) is 23.9. The molecule has 0 spiro atoms. The molecule has 0 saturated carbocycles. The molecule has 6 nitrogen and oxygen atoms in total. The molecule has 1 heterocycles. The number of nitrogens with zero attached hydrogens (tertiary/aromatic N) is 1. The van der Waals surface area contributed by atoms with Gasteiger partial charge in [-0.3, -0.25) is 19.8 Å². The van der Waals surface area contributed by atoms with Gasteiger partial charge in [0.1, 0.15) is 22.8 Å². The lowest BCUT2D eigenvalue weighted by molar-refractivity contribution is -0.122. The molecule has 1 N–H and O–H groups in total. The van der Waals surface area contributed by atoms with Gasteiger partial charge in [-0.05, 0) is 86.2 Å². The van der Waals surface area contributed by atoms with E-state index in [-0.39, 0.29) is 10.7 Å². The van der Waals surface area contributed by atoms with Crippen LogP contribution >= 0.6 is 12.2 Å². The fourth-order valence-corrected chi connectivity index (χ4v) is 3.83. The van der Waals surface area contributed by atoms with Gasteiger partial charge in [-0.15, -0.1) is 0 Å². The van der Waals surface area contributed by atoms with E-state index in [1.54, 1.807) is 30.3 Å². The third-order valence-electron chi connectivity index (χ3n) is 5.28. The maximum Gasteiger partial charge on any atom is 0.270 e. The lowest BCUT2D eigenvalue weighted by Crippen LogP contribution is -2.54. The summed E-state index contributed by atoms with van der Waals surface area (Å²) in [5.41, 5.74) is 2.79. The Kier molecular flexibility index (Phi) is 7.08. The lowest BCUT2D eigenvalue weighted by Gasteiger charge is -2.29. The van der Waals surface area contributed by atoms with Crippen LogP contribution in [-0.4, -0.2) is 23.5 Å². The van der Waals surface area contributed by atoms with Crippen molar-refractivity contribution in [3.63, 3.8) is 0 Å². The van der Waals surface area contributed by atoms with Crippen LogP contribution in [0.5, 0.6) is 17.2 Å². The molecule has 4 rings (SSSR count). The van der Waals surface area contributed by atoms with Crippen LogP contribution in [0.1, 0.15) is 25.0 Å². The summed E-state index contributed by atoms with van der Waals surface area (Å²) in [7, 11) is 0. The Labute approximate surface area is 209 Å². The van der Waals surface area contributed by atoms with Crippen molar-refractivity contribution in [1.82, 2.24) is 5.32 Å². The van der Waals surface area contributed by atoms with Gasteiger partial charge in [0.25, 0.3) is 11.8 Å². The molecule has 176 valence electrons. The van der Waals surface area contributed by atoms with Gasteiger partial charge in [0.15, 0.2) is 5.11 Å². The second-order valence-electron chi connectivity index (χ2n) is 7.83. The van der Waals surface area contributed by atoms with Gasteiger partial charge in [-0.25, -0.2) is 0 Å². The lowest BCUT2D eigenvalue weighted by atomic mass is 10.0. The topological polar surface area (TPSA) is 67.9 Å². The van der Waals surface area contributed by atoms with Gasteiger partial charge < -0.3 is 9.47 Å². The molecule has 0 atom stereocenters. The number of para-hydroxylation sites is 1. The third-order valence-corrected chi connectivity index (χ3v) is 5.56. The number of benzene rings is 3. The summed E-state index contributed by atoms with van der Waals surface area (Å²) in [6.07, 6.45) is 1.52. The van der Waals surface area contributed by atoms with Crippen molar-refractivity contribution in [2.45, 2.75) is 13.8 Å². The summed E-state index contributed by atoms with van der Waals surface area (Å²) in [6, 6.07) is 21.8. The van der Waals surface area contributed by atoms with E-state index in [2.05, 4.69) is 11.9 Å². The molecular weight excluding hydrogens is 460 g/mol. The second kappa shape index (κ2) is 10.4. The van der Waals surface area contributed by atoms with Crippen molar-refractivity contribution >= 4 is 46.5 Å². The molecule has 3 aromatic carbocycles. The normalized spacial score (nSPS) is 14.6. The molecule has 1 fully saturated rings. The summed E-state index contributed by atoms with van der Waals surface area (Å²) in [4.78, 5) is 27.5. The number of nitrogens with one attached hydrogen (secondary N) is 1. The molecule has 1 aliphatic heterocycles. The van der Waals surface area contributed by atoms with Crippen LogP contribution in [0.4, 0.5) is 5.69 Å². The summed E-state index contributed by atoms with van der Waals surface area (Å²) < 4.78 is 11.5. The van der Waals surface area contributed by atoms with Crippen molar-refractivity contribution in [2.24, 2.45) is 0 Å². The number of allylic oxidation sites excluding steroid dienone is 1. The van der Waals surface area contributed by atoms with Gasteiger partial charge in [-0.2, -0.15) is 0 Å². The van der Waals surface area contributed by atoms with E-state index in [9.17, 15) is 9.59 Å². The van der Waals surface area contributed by atoms with Crippen molar-refractivity contribution < 1.29 is 19.1 Å². The zero-order chi connectivity index (χ0) is 24.9. The summed E-state index contributed by atoms with van der Waals surface area (Å²) in [6.45, 7) is 8.17. The van der Waals surface area contributed by atoms with Crippen molar-refractivity contribution in [2.75, 3.05) is 11.5 Å². The van der Waals surface area contributed by atoms with Gasteiger partial charge in [-0.1, -0.05) is 36.4 Å². The van der Waals surface area contributed by atoms with Crippen LogP contribution in [0.2, 0.25) is 0 Å². The highest BCUT2D eigenvalue weighted by atomic mass is 32.1. The Hall–Kier alpha value is -4.23. The molecule has 2 amide bonds. The summed E-state index contributed by atoms with van der Waals surface area (Å²) in [5.74, 6) is 0.771. The van der Waals surface area contributed by atoms with Gasteiger partial charge in [0, 0.05) is 5.56 Å². The second-order valence-corrected chi connectivity index (χ2v) is 8.22. The summed E-state index contributed by atoms with van der Waals surface area (Å²) >= 11 is 5.32. The van der Waals surface area contributed by atoms with E-state index in [4.69, 9.17) is 21.7 Å². The highest BCUT2D eigenvalue weighted by Gasteiger charge is 2.34. The zero-order valence-electron chi connectivity index (χ0n) is 19.4. The number of amides is 2. The van der Waals surface area contributed by atoms with Crippen molar-refractivity contribution in [1.29, 1.82) is 0 Å². The fraction of sp³-hybridized carbons (Fsp3) is 0.107. The number of hydrogen-bond acceptors (Lipinski definition) is 5. The van der Waals surface area contributed by atoms with E-state index in [1.807, 2.05) is 56.3 Å². The minimum Gasteiger partial charge on any atom is -0.493 e. The molecule has 7 heteroatoms. The SMILES string of the molecule is C=C(C)c1ccc(OCC)c(/C=C2\C(=O)NC(=S)N(c3ccc(Oc4ccccc4)cc3)C2=O)c1. The first-order valence-corrected chi connectivity index (χ1v) is 11.5. The van der Waals surface area contributed by atoms with E-state index < -0.39 is 11.8 Å². The molecule has 0 aromatic heterocycles. The molecule has 0 aliphatic carbocycles. The molecular formula is C28H24N2O4S. The zero-order valence-corrected chi connectivity index (χ0v) is 20.2. The Morgan fingerprint density at radius 2 is 1.71 bits per heavy atom. The first-order chi connectivity index (χ1) is 16.9. The first-order valence-electron chi connectivity index (χ1n) is 11.0. The predicted octanol–water partition coefficient (Wildman–Crippen LogP) is 5.74. The number of thiocarbonyl (C=S) groups is 1. The van der Waals surface area contributed by atoms with Crippen LogP contribution in [0.15, 0.2) is 84.9 Å². The standard InChI is InChI=1S/C28H24N2O4S/c1-4-33-25-15-10-19(18(2)3)16-20(25)17-24-26(31)29-28(35)30(27(24)32)21-11-13-23(14-12-21)34-22-8-6-5-7-9-22/h5-17H,2,4H2,1,3H3,(H,29,31,35)/b24-17+. The number of anilines is 1. The maximum absolute atomic E-state index is 13.4. The largest absolute Gasteiger partial charge is 0.493 e. The van der Waals surface area contributed by atoms with Crippen LogP contribution in [0.3, 0.4) is 0 Å². The number of hydrogen-bond donors (Lipinski definition) is 1. The molecule has 0 bridgehead atoms. The average molecular weight is 485 g/mol. The van der Waals surface area contributed by atoms with E-state index in [0.29, 0.717) is 35.1 Å². The Morgan fingerprint density at radius 3 is 2.37 bits per heavy atom. The number of carbonyl (C=O) groups is 2. The Morgan fingerprint density at radius 1 is 1.03 bits per heavy atom. The average Bonchev–Trinajstić information content (AvgIpc) is 2.84. The fourth-order valence-electron chi connectivity index (χ4n) is 3.55. The molecule has 1 saturated heterocycles. The molecule has 3 aromatic rings.